The normalized spacial score (nSPS) is 22.1. The van der Waals surface area contributed by atoms with E-state index < -0.39 is 11.5 Å². The summed E-state index contributed by atoms with van der Waals surface area (Å²) < 4.78 is 13.1. The van der Waals surface area contributed by atoms with Gasteiger partial charge in [0.1, 0.15) is 16.2 Å². The van der Waals surface area contributed by atoms with Crippen molar-refractivity contribution in [2.45, 2.75) is 44.3 Å². The Bertz CT molecular complexity index is 1010. The Morgan fingerprint density at radius 2 is 2.17 bits per heavy atom. The van der Waals surface area contributed by atoms with Gasteiger partial charge in [-0.25, -0.2) is 14.4 Å². The number of hydrogen-bond donors (Lipinski definition) is 2. The van der Waals surface area contributed by atoms with Crippen molar-refractivity contribution in [1.82, 2.24) is 15.3 Å². The molecule has 1 saturated heterocycles. The zero-order valence-corrected chi connectivity index (χ0v) is 17.0. The highest BCUT2D eigenvalue weighted by molar-refractivity contribution is 7.16. The van der Waals surface area contributed by atoms with Gasteiger partial charge in [-0.2, -0.15) is 0 Å². The zero-order valence-electron chi connectivity index (χ0n) is 16.1. The number of nitrogens with one attached hydrogen (secondary N) is 1. The van der Waals surface area contributed by atoms with Crippen LogP contribution in [0.3, 0.4) is 0 Å². The molecule has 1 aliphatic rings. The summed E-state index contributed by atoms with van der Waals surface area (Å²) in [5.74, 6) is -0.500. The highest BCUT2D eigenvalue weighted by Crippen LogP contribution is 2.32. The number of hydrogen-bond acceptors (Lipinski definition) is 6. The van der Waals surface area contributed by atoms with E-state index in [4.69, 9.17) is 0 Å². The molecule has 1 fully saturated rings. The second kappa shape index (κ2) is 8.04. The minimum atomic E-state index is -1.03. The second-order valence-corrected chi connectivity index (χ2v) is 8.32. The van der Waals surface area contributed by atoms with Crippen molar-refractivity contribution in [3.8, 4) is 0 Å². The van der Waals surface area contributed by atoms with Gasteiger partial charge in [0.25, 0.3) is 0 Å². The summed E-state index contributed by atoms with van der Waals surface area (Å²) in [4.78, 5) is 24.5. The van der Waals surface area contributed by atoms with Crippen LogP contribution in [0.1, 0.15) is 31.7 Å². The number of rotatable bonds is 6. The van der Waals surface area contributed by atoms with E-state index >= 15 is 0 Å². The minimum Gasteiger partial charge on any atom is -0.480 e. The van der Waals surface area contributed by atoms with E-state index in [1.165, 1.54) is 12.1 Å². The van der Waals surface area contributed by atoms with Crippen LogP contribution < -0.4 is 10.2 Å². The van der Waals surface area contributed by atoms with E-state index in [9.17, 15) is 14.3 Å². The molecule has 0 amide bonds. The van der Waals surface area contributed by atoms with Crippen molar-refractivity contribution in [3.63, 3.8) is 0 Å². The predicted octanol–water partition coefficient (Wildman–Crippen LogP) is 3.82. The molecule has 3 aromatic rings. The Morgan fingerprint density at radius 3 is 2.90 bits per heavy atom. The van der Waals surface area contributed by atoms with Crippen molar-refractivity contribution in [3.05, 3.63) is 53.3 Å². The van der Waals surface area contributed by atoms with Crippen molar-refractivity contribution in [1.29, 1.82) is 0 Å². The molecule has 0 spiro atoms. The van der Waals surface area contributed by atoms with Gasteiger partial charge in [0.15, 0.2) is 0 Å². The highest BCUT2D eigenvalue weighted by Gasteiger charge is 2.45. The number of carboxylic acids is 1. The first-order chi connectivity index (χ1) is 14.0. The van der Waals surface area contributed by atoms with Crippen molar-refractivity contribution >= 4 is 33.5 Å². The SMILES string of the molecule is CCC1CC(NCc2ccc(F)cc2)(C(=O)O)CCN1c1ncc2ccsc2n1. The van der Waals surface area contributed by atoms with Crippen LogP contribution in [0.5, 0.6) is 0 Å². The van der Waals surface area contributed by atoms with E-state index in [-0.39, 0.29) is 11.9 Å². The van der Waals surface area contributed by atoms with Crippen LogP contribution >= 0.6 is 11.3 Å². The number of aromatic nitrogens is 2. The van der Waals surface area contributed by atoms with Gasteiger partial charge in [-0.3, -0.25) is 10.1 Å². The summed E-state index contributed by atoms with van der Waals surface area (Å²) in [5.41, 5.74) is -0.174. The van der Waals surface area contributed by atoms with Crippen LogP contribution in [-0.2, 0) is 11.3 Å². The summed E-state index contributed by atoms with van der Waals surface area (Å²) in [6.07, 6.45) is 3.50. The molecular formula is C21H23FN4O2S. The van der Waals surface area contributed by atoms with Crippen LogP contribution in [0, 0.1) is 5.82 Å². The molecule has 8 heteroatoms. The number of carbonyl (C=O) groups is 1. The third-order valence-corrected chi connectivity index (χ3v) is 6.50. The van der Waals surface area contributed by atoms with E-state index in [0.29, 0.717) is 31.9 Å². The largest absolute Gasteiger partial charge is 0.480 e. The Morgan fingerprint density at radius 1 is 1.38 bits per heavy atom. The van der Waals surface area contributed by atoms with Crippen molar-refractivity contribution < 1.29 is 14.3 Å². The summed E-state index contributed by atoms with van der Waals surface area (Å²) in [6, 6.07) is 8.13. The monoisotopic (exact) mass is 414 g/mol. The maximum Gasteiger partial charge on any atom is 0.324 e. The summed E-state index contributed by atoms with van der Waals surface area (Å²) in [5, 5.41) is 16.3. The van der Waals surface area contributed by atoms with Gasteiger partial charge >= 0.3 is 5.97 Å². The summed E-state index contributed by atoms with van der Waals surface area (Å²) in [7, 11) is 0. The molecule has 6 nitrogen and oxygen atoms in total. The molecule has 2 atom stereocenters. The lowest BCUT2D eigenvalue weighted by molar-refractivity contribution is -0.146. The maximum atomic E-state index is 13.1. The van der Waals surface area contributed by atoms with Crippen molar-refractivity contribution in [2.75, 3.05) is 11.4 Å². The van der Waals surface area contributed by atoms with E-state index in [1.54, 1.807) is 23.5 Å². The third kappa shape index (κ3) is 3.95. The number of aliphatic carboxylic acids is 1. The van der Waals surface area contributed by atoms with Crippen LogP contribution in [0.15, 0.2) is 41.9 Å². The van der Waals surface area contributed by atoms with Gasteiger partial charge in [0.05, 0.1) is 0 Å². The molecular weight excluding hydrogens is 391 g/mol. The number of thiophene rings is 1. The van der Waals surface area contributed by atoms with Crippen LogP contribution in [0.4, 0.5) is 10.3 Å². The molecule has 4 rings (SSSR count). The molecule has 29 heavy (non-hydrogen) atoms. The van der Waals surface area contributed by atoms with E-state index in [2.05, 4.69) is 27.1 Å². The van der Waals surface area contributed by atoms with Crippen LogP contribution in [-0.4, -0.2) is 39.2 Å². The molecule has 152 valence electrons. The van der Waals surface area contributed by atoms with Crippen LogP contribution in [0.2, 0.25) is 0 Å². The summed E-state index contributed by atoms with van der Waals surface area (Å²) in [6.45, 7) is 2.98. The Hall–Kier alpha value is -2.58. The first-order valence-electron chi connectivity index (χ1n) is 9.70. The first-order valence-corrected chi connectivity index (χ1v) is 10.6. The van der Waals surface area contributed by atoms with Gasteiger partial charge in [0, 0.05) is 30.7 Å². The molecule has 0 bridgehead atoms. The molecule has 0 radical (unpaired) electrons. The second-order valence-electron chi connectivity index (χ2n) is 7.43. The lowest BCUT2D eigenvalue weighted by Gasteiger charge is -2.44. The number of piperidine rings is 1. The fraction of sp³-hybridized carbons (Fsp3) is 0.381. The topological polar surface area (TPSA) is 78.4 Å². The highest BCUT2D eigenvalue weighted by atomic mass is 32.1. The Balaban J connectivity index is 1.53. The van der Waals surface area contributed by atoms with Gasteiger partial charge in [-0.05, 0) is 48.4 Å². The van der Waals surface area contributed by atoms with Crippen LogP contribution in [0.25, 0.3) is 10.2 Å². The molecule has 1 aliphatic heterocycles. The molecule has 0 aliphatic carbocycles. The average molecular weight is 415 g/mol. The molecule has 3 heterocycles. The lowest BCUT2D eigenvalue weighted by Crippen LogP contribution is -2.61. The number of fused-ring (bicyclic) bond motifs is 1. The third-order valence-electron chi connectivity index (χ3n) is 5.68. The quantitative estimate of drug-likeness (QED) is 0.638. The average Bonchev–Trinajstić information content (AvgIpc) is 3.21. The number of nitrogens with zero attached hydrogens (tertiary/aromatic N) is 3. The fourth-order valence-corrected chi connectivity index (χ4v) is 4.66. The van der Waals surface area contributed by atoms with E-state index in [1.807, 2.05) is 17.6 Å². The van der Waals surface area contributed by atoms with Gasteiger partial charge < -0.3 is 10.0 Å². The first kappa shape index (κ1) is 19.7. The molecule has 0 saturated carbocycles. The molecule has 2 unspecified atom stereocenters. The Kier molecular flexibility index (Phi) is 5.47. The van der Waals surface area contributed by atoms with E-state index in [0.717, 1.165) is 22.2 Å². The number of benzene rings is 1. The van der Waals surface area contributed by atoms with Gasteiger partial charge in [-0.15, -0.1) is 11.3 Å². The number of carboxylic acid groups (broad SMARTS) is 1. The Labute approximate surface area is 172 Å². The molecule has 2 N–H and O–H groups in total. The zero-order chi connectivity index (χ0) is 20.4. The minimum absolute atomic E-state index is 0.0120. The predicted molar refractivity (Wildman–Crippen MR) is 112 cm³/mol. The standard InChI is InChI=1S/C21H23FN4O2S/c1-2-17-11-21(19(27)28,24-12-14-3-5-16(22)6-4-14)8-9-26(17)20-23-13-15-7-10-29-18(15)25-20/h3-7,10,13,17,24H,2,8-9,11-12H2,1H3,(H,27,28). The molecule has 2 aromatic heterocycles. The smallest absolute Gasteiger partial charge is 0.324 e. The maximum absolute atomic E-state index is 13.1. The molecule has 1 aromatic carbocycles. The summed E-state index contributed by atoms with van der Waals surface area (Å²) >= 11 is 1.57. The lowest BCUT2D eigenvalue weighted by atomic mass is 9.82. The van der Waals surface area contributed by atoms with Gasteiger partial charge in [-0.1, -0.05) is 19.1 Å². The number of anilines is 1. The number of halogens is 1. The van der Waals surface area contributed by atoms with Crippen molar-refractivity contribution in [2.24, 2.45) is 0 Å². The fourth-order valence-electron chi connectivity index (χ4n) is 3.93. The van der Waals surface area contributed by atoms with Gasteiger partial charge in [0.2, 0.25) is 5.95 Å².